The summed E-state index contributed by atoms with van der Waals surface area (Å²) in [7, 11) is 0. The quantitative estimate of drug-likeness (QED) is 0.633. The summed E-state index contributed by atoms with van der Waals surface area (Å²) in [6.45, 7) is 8.65. The second-order valence-corrected chi connectivity index (χ2v) is 7.53. The molecule has 3 aromatic rings. The zero-order valence-electron chi connectivity index (χ0n) is 17.9. The first kappa shape index (κ1) is 21.3. The van der Waals surface area contributed by atoms with Gasteiger partial charge in [0.25, 0.3) is 5.91 Å². The lowest BCUT2D eigenvalue weighted by Gasteiger charge is -2.13. The van der Waals surface area contributed by atoms with Crippen molar-refractivity contribution in [3.05, 3.63) is 77.0 Å². The summed E-state index contributed by atoms with van der Waals surface area (Å²) in [5, 5.41) is 10.2. The topological polar surface area (TPSA) is 76.0 Å². The predicted molar refractivity (Wildman–Crippen MR) is 118 cm³/mol. The molecule has 1 atom stereocenters. The van der Waals surface area contributed by atoms with Gasteiger partial charge in [-0.25, -0.2) is 0 Å². The molecule has 0 saturated carbocycles. The highest BCUT2D eigenvalue weighted by molar-refractivity contribution is 6.01. The maximum absolute atomic E-state index is 13.0. The molecule has 0 spiro atoms. The van der Waals surface area contributed by atoms with Gasteiger partial charge in [-0.1, -0.05) is 59.7 Å². The summed E-state index contributed by atoms with van der Waals surface area (Å²) >= 11 is 0. The molecule has 1 heterocycles. The van der Waals surface area contributed by atoms with E-state index in [4.69, 9.17) is 5.10 Å². The van der Waals surface area contributed by atoms with Crippen LogP contribution in [0.15, 0.2) is 54.7 Å². The van der Waals surface area contributed by atoms with E-state index in [1.807, 2.05) is 45.0 Å². The van der Waals surface area contributed by atoms with Crippen LogP contribution in [0.1, 0.15) is 40.9 Å². The van der Waals surface area contributed by atoms with Crippen molar-refractivity contribution in [1.29, 1.82) is 0 Å². The van der Waals surface area contributed by atoms with Crippen LogP contribution in [-0.4, -0.2) is 34.2 Å². The van der Waals surface area contributed by atoms with Gasteiger partial charge in [0, 0.05) is 18.3 Å². The first-order chi connectivity index (χ1) is 14.4. The van der Waals surface area contributed by atoms with E-state index in [9.17, 15) is 9.59 Å². The minimum atomic E-state index is -0.635. The fourth-order valence-electron chi connectivity index (χ4n) is 3.14. The Morgan fingerprint density at radius 1 is 1.00 bits per heavy atom. The van der Waals surface area contributed by atoms with E-state index in [1.165, 1.54) is 5.56 Å². The number of nitrogens with one attached hydrogen (secondary N) is 2. The Morgan fingerprint density at radius 2 is 1.60 bits per heavy atom. The van der Waals surface area contributed by atoms with E-state index in [1.54, 1.807) is 17.8 Å². The SMILES string of the molecule is CCNC(=O)C(C)NC(=O)c1cn(Cc2ccc(C)cc2)nc1-c1ccc(C)cc1. The van der Waals surface area contributed by atoms with Gasteiger partial charge in [-0.05, 0) is 33.3 Å². The number of hydrogen-bond donors (Lipinski definition) is 2. The lowest BCUT2D eigenvalue weighted by Crippen LogP contribution is -2.44. The normalized spacial score (nSPS) is 11.7. The third-order valence-electron chi connectivity index (χ3n) is 4.89. The van der Waals surface area contributed by atoms with Gasteiger partial charge in [0.1, 0.15) is 11.7 Å². The Kier molecular flexibility index (Phi) is 6.67. The second-order valence-electron chi connectivity index (χ2n) is 7.53. The van der Waals surface area contributed by atoms with Crippen LogP contribution in [0.5, 0.6) is 0 Å². The largest absolute Gasteiger partial charge is 0.355 e. The Balaban J connectivity index is 1.91. The van der Waals surface area contributed by atoms with Gasteiger partial charge < -0.3 is 10.6 Å². The van der Waals surface area contributed by atoms with E-state index in [2.05, 4.69) is 34.9 Å². The van der Waals surface area contributed by atoms with E-state index < -0.39 is 6.04 Å². The molecule has 0 aliphatic rings. The van der Waals surface area contributed by atoms with Crippen LogP contribution >= 0.6 is 0 Å². The van der Waals surface area contributed by atoms with Crippen molar-refractivity contribution in [3.63, 3.8) is 0 Å². The monoisotopic (exact) mass is 404 g/mol. The molecule has 1 unspecified atom stereocenters. The average Bonchev–Trinajstić information content (AvgIpc) is 3.14. The maximum atomic E-state index is 13.0. The molecular formula is C24H28N4O2. The molecule has 3 rings (SSSR count). The fraction of sp³-hybridized carbons (Fsp3) is 0.292. The average molecular weight is 405 g/mol. The molecular weight excluding hydrogens is 376 g/mol. The number of benzene rings is 2. The van der Waals surface area contributed by atoms with Crippen LogP contribution in [0.2, 0.25) is 0 Å². The molecule has 2 amide bonds. The van der Waals surface area contributed by atoms with Gasteiger partial charge >= 0.3 is 0 Å². The molecule has 0 saturated heterocycles. The van der Waals surface area contributed by atoms with Crippen molar-refractivity contribution in [2.24, 2.45) is 0 Å². The third kappa shape index (κ3) is 5.14. The van der Waals surface area contributed by atoms with Crippen molar-refractivity contribution >= 4 is 11.8 Å². The summed E-state index contributed by atoms with van der Waals surface area (Å²) in [6, 6.07) is 15.5. The number of carbonyl (C=O) groups excluding carboxylic acids is 2. The van der Waals surface area contributed by atoms with Gasteiger partial charge in [-0.2, -0.15) is 5.10 Å². The van der Waals surface area contributed by atoms with Crippen molar-refractivity contribution < 1.29 is 9.59 Å². The fourth-order valence-corrected chi connectivity index (χ4v) is 3.14. The second kappa shape index (κ2) is 9.39. The van der Waals surface area contributed by atoms with Gasteiger partial charge in [-0.3, -0.25) is 14.3 Å². The van der Waals surface area contributed by atoms with Crippen LogP contribution in [0, 0.1) is 13.8 Å². The lowest BCUT2D eigenvalue weighted by atomic mass is 10.1. The van der Waals surface area contributed by atoms with Gasteiger partial charge in [0.2, 0.25) is 5.91 Å². The molecule has 6 heteroatoms. The highest BCUT2D eigenvalue weighted by atomic mass is 16.2. The molecule has 156 valence electrons. The van der Waals surface area contributed by atoms with Gasteiger partial charge in [0.05, 0.1) is 12.1 Å². The number of likely N-dealkylation sites (N-methyl/N-ethyl adjacent to an activating group) is 1. The molecule has 0 radical (unpaired) electrons. The summed E-state index contributed by atoms with van der Waals surface area (Å²) in [4.78, 5) is 25.0. The highest BCUT2D eigenvalue weighted by Crippen LogP contribution is 2.23. The standard InChI is InChI=1S/C24H28N4O2/c1-5-25-23(29)18(4)26-24(30)21-15-28(14-19-10-6-16(2)7-11-19)27-22(21)20-12-8-17(3)9-13-20/h6-13,15,18H,5,14H2,1-4H3,(H,25,29)(H,26,30). The van der Waals surface area contributed by atoms with Crippen LogP contribution in [-0.2, 0) is 11.3 Å². The highest BCUT2D eigenvalue weighted by Gasteiger charge is 2.22. The van der Waals surface area contributed by atoms with Crippen LogP contribution in [0.4, 0.5) is 0 Å². The lowest BCUT2D eigenvalue weighted by molar-refractivity contribution is -0.122. The maximum Gasteiger partial charge on any atom is 0.255 e. The Bertz CT molecular complexity index is 1020. The molecule has 0 fully saturated rings. The van der Waals surface area contributed by atoms with Crippen molar-refractivity contribution in [1.82, 2.24) is 20.4 Å². The molecule has 0 bridgehead atoms. The first-order valence-electron chi connectivity index (χ1n) is 10.2. The predicted octanol–water partition coefficient (Wildman–Crippen LogP) is 3.47. The molecule has 6 nitrogen and oxygen atoms in total. The van der Waals surface area contributed by atoms with E-state index in [0.717, 1.165) is 16.7 Å². The summed E-state index contributed by atoms with van der Waals surface area (Å²) in [5.74, 6) is -0.533. The van der Waals surface area contributed by atoms with Crippen molar-refractivity contribution in [2.75, 3.05) is 6.54 Å². The zero-order chi connectivity index (χ0) is 21.7. The summed E-state index contributed by atoms with van der Waals surface area (Å²) < 4.78 is 1.77. The van der Waals surface area contributed by atoms with E-state index in [0.29, 0.717) is 24.3 Å². The third-order valence-corrected chi connectivity index (χ3v) is 4.89. The minimum Gasteiger partial charge on any atom is -0.355 e. The Labute approximate surface area is 177 Å². The number of hydrogen-bond acceptors (Lipinski definition) is 3. The minimum absolute atomic E-state index is 0.213. The van der Waals surface area contributed by atoms with Crippen LogP contribution in [0.25, 0.3) is 11.3 Å². The molecule has 0 aliphatic heterocycles. The molecule has 1 aromatic heterocycles. The van der Waals surface area contributed by atoms with Gasteiger partial charge in [0.15, 0.2) is 0 Å². The molecule has 30 heavy (non-hydrogen) atoms. The number of aromatic nitrogens is 2. The molecule has 2 N–H and O–H groups in total. The number of nitrogens with zero attached hydrogens (tertiary/aromatic N) is 2. The number of amides is 2. The van der Waals surface area contributed by atoms with Crippen LogP contribution < -0.4 is 10.6 Å². The number of carbonyl (C=O) groups is 2. The Morgan fingerprint density at radius 3 is 2.20 bits per heavy atom. The zero-order valence-corrected chi connectivity index (χ0v) is 17.9. The van der Waals surface area contributed by atoms with Crippen LogP contribution in [0.3, 0.4) is 0 Å². The smallest absolute Gasteiger partial charge is 0.255 e. The number of rotatable bonds is 7. The molecule has 0 aliphatic carbocycles. The summed E-state index contributed by atoms with van der Waals surface area (Å²) in [6.07, 6.45) is 1.74. The van der Waals surface area contributed by atoms with E-state index >= 15 is 0 Å². The number of aryl methyl sites for hydroxylation is 2. The Hall–Kier alpha value is -3.41. The molecule has 2 aromatic carbocycles. The van der Waals surface area contributed by atoms with Gasteiger partial charge in [-0.15, -0.1) is 0 Å². The van der Waals surface area contributed by atoms with Crippen molar-refractivity contribution in [2.45, 2.75) is 40.3 Å². The van der Waals surface area contributed by atoms with E-state index in [-0.39, 0.29) is 11.8 Å². The summed E-state index contributed by atoms with van der Waals surface area (Å²) in [5.41, 5.74) is 5.33. The first-order valence-corrected chi connectivity index (χ1v) is 10.2. The van der Waals surface area contributed by atoms with Crippen molar-refractivity contribution in [3.8, 4) is 11.3 Å².